The second-order valence-electron chi connectivity index (χ2n) is 5.87. The van der Waals surface area contributed by atoms with Gasteiger partial charge in [0.05, 0.1) is 5.60 Å². The van der Waals surface area contributed by atoms with Crippen LogP contribution in [0.5, 0.6) is 0 Å². The highest BCUT2D eigenvalue weighted by atomic mass is 16.3. The van der Waals surface area contributed by atoms with Crippen molar-refractivity contribution in [1.29, 1.82) is 0 Å². The minimum Gasteiger partial charge on any atom is -0.390 e. The first-order valence-electron chi connectivity index (χ1n) is 6.60. The van der Waals surface area contributed by atoms with Gasteiger partial charge in [0.25, 0.3) is 0 Å². The fourth-order valence-corrected chi connectivity index (χ4v) is 3.64. The zero-order chi connectivity index (χ0) is 10.9. The maximum Gasteiger partial charge on any atom is 0.0680 e. The van der Waals surface area contributed by atoms with Crippen LogP contribution >= 0.6 is 0 Å². The van der Waals surface area contributed by atoms with Gasteiger partial charge in [-0.1, -0.05) is 26.7 Å². The topological polar surface area (TPSA) is 32.3 Å². The molecule has 2 rings (SSSR count). The van der Waals surface area contributed by atoms with Gasteiger partial charge in [0.2, 0.25) is 0 Å². The molecule has 2 fully saturated rings. The van der Waals surface area contributed by atoms with Gasteiger partial charge in [-0.05, 0) is 38.0 Å². The summed E-state index contributed by atoms with van der Waals surface area (Å²) in [5, 5.41) is 14.2. The van der Waals surface area contributed by atoms with Crippen molar-refractivity contribution in [1.82, 2.24) is 5.32 Å². The maximum absolute atomic E-state index is 10.6. The average molecular weight is 211 g/mol. The Bertz CT molecular complexity index is 205. The minimum atomic E-state index is -0.355. The van der Waals surface area contributed by atoms with E-state index in [1.54, 1.807) is 0 Å². The van der Waals surface area contributed by atoms with Crippen molar-refractivity contribution in [3.8, 4) is 0 Å². The molecule has 88 valence electrons. The van der Waals surface area contributed by atoms with Gasteiger partial charge in [-0.3, -0.25) is 0 Å². The zero-order valence-electron chi connectivity index (χ0n) is 10.1. The molecule has 2 saturated heterocycles. The molecule has 2 heteroatoms. The summed E-state index contributed by atoms with van der Waals surface area (Å²) in [6.07, 6.45) is 8.02. The van der Waals surface area contributed by atoms with Gasteiger partial charge < -0.3 is 10.4 Å². The summed E-state index contributed by atoms with van der Waals surface area (Å²) in [5.74, 6) is 0.678. The largest absolute Gasteiger partial charge is 0.390 e. The molecule has 2 nitrogen and oxygen atoms in total. The Morgan fingerprint density at radius 2 is 1.93 bits per heavy atom. The van der Waals surface area contributed by atoms with E-state index in [-0.39, 0.29) is 5.60 Å². The van der Waals surface area contributed by atoms with Gasteiger partial charge in [-0.2, -0.15) is 0 Å². The summed E-state index contributed by atoms with van der Waals surface area (Å²) in [5.41, 5.74) is -0.355. The van der Waals surface area contributed by atoms with Crippen molar-refractivity contribution in [3.05, 3.63) is 0 Å². The summed E-state index contributed by atoms with van der Waals surface area (Å²) in [7, 11) is 0. The summed E-state index contributed by atoms with van der Waals surface area (Å²) < 4.78 is 0. The summed E-state index contributed by atoms with van der Waals surface area (Å²) in [6.45, 7) is 4.51. The van der Waals surface area contributed by atoms with Gasteiger partial charge in [-0.25, -0.2) is 0 Å². The van der Waals surface area contributed by atoms with Gasteiger partial charge in [0.1, 0.15) is 0 Å². The Balaban J connectivity index is 1.89. The first-order valence-corrected chi connectivity index (χ1v) is 6.60. The standard InChI is InChI=1S/C13H25NO/c1-3-4-10(2)7-13(15)8-11-5-6-12(9-13)14-11/h10-12,14-15H,3-9H2,1-2H3. The van der Waals surface area contributed by atoms with Gasteiger partial charge in [-0.15, -0.1) is 0 Å². The van der Waals surface area contributed by atoms with Crippen LogP contribution in [-0.4, -0.2) is 22.8 Å². The molecule has 15 heavy (non-hydrogen) atoms. The van der Waals surface area contributed by atoms with Crippen LogP contribution in [0.25, 0.3) is 0 Å². The Morgan fingerprint density at radius 3 is 2.47 bits per heavy atom. The highest BCUT2D eigenvalue weighted by Gasteiger charge is 2.42. The Kier molecular flexibility index (Phi) is 3.36. The average Bonchev–Trinajstić information content (AvgIpc) is 2.45. The number of hydrogen-bond donors (Lipinski definition) is 2. The van der Waals surface area contributed by atoms with Crippen molar-refractivity contribution in [2.75, 3.05) is 0 Å². The van der Waals surface area contributed by atoms with E-state index >= 15 is 0 Å². The highest BCUT2D eigenvalue weighted by Crippen LogP contribution is 2.38. The normalized spacial score (nSPS) is 41.8. The van der Waals surface area contributed by atoms with Crippen LogP contribution in [0.15, 0.2) is 0 Å². The third-order valence-corrected chi connectivity index (χ3v) is 4.10. The molecule has 0 aromatic carbocycles. The van der Waals surface area contributed by atoms with E-state index in [1.165, 1.54) is 25.7 Å². The third kappa shape index (κ3) is 2.73. The van der Waals surface area contributed by atoms with E-state index in [0.717, 1.165) is 19.3 Å². The predicted octanol–water partition coefficient (Wildman–Crippen LogP) is 2.46. The van der Waals surface area contributed by atoms with Crippen LogP contribution in [0.4, 0.5) is 0 Å². The molecule has 0 aromatic heterocycles. The zero-order valence-corrected chi connectivity index (χ0v) is 10.1. The lowest BCUT2D eigenvalue weighted by Gasteiger charge is -2.38. The lowest BCUT2D eigenvalue weighted by atomic mass is 9.80. The number of nitrogens with one attached hydrogen (secondary N) is 1. The second kappa shape index (κ2) is 4.42. The number of piperidine rings is 1. The van der Waals surface area contributed by atoms with Crippen LogP contribution in [0.3, 0.4) is 0 Å². The monoisotopic (exact) mass is 211 g/mol. The van der Waals surface area contributed by atoms with Crippen LogP contribution in [0.2, 0.25) is 0 Å². The highest BCUT2D eigenvalue weighted by molar-refractivity contribution is 5.00. The molecule has 3 unspecified atom stereocenters. The van der Waals surface area contributed by atoms with E-state index < -0.39 is 0 Å². The van der Waals surface area contributed by atoms with Crippen molar-refractivity contribution in [3.63, 3.8) is 0 Å². The predicted molar refractivity (Wildman–Crippen MR) is 62.8 cm³/mol. The lowest BCUT2D eigenvalue weighted by molar-refractivity contribution is -0.0260. The fourth-order valence-electron chi connectivity index (χ4n) is 3.64. The quantitative estimate of drug-likeness (QED) is 0.748. The number of rotatable bonds is 4. The number of fused-ring (bicyclic) bond motifs is 2. The van der Waals surface area contributed by atoms with Crippen molar-refractivity contribution in [2.24, 2.45) is 5.92 Å². The van der Waals surface area contributed by atoms with E-state index in [9.17, 15) is 5.11 Å². The van der Waals surface area contributed by atoms with E-state index in [2.05, 4.69) is 19.2 Å². The lowest BCUT2D eigenvalue weighted by Crippen LogP contribution is -2.49. The van der Waals surface area contributed by atoms with E-state index in [1.807, 2.05) is 0 Å². The van der Waals surface area contributed by atoms with Crippen molar-refractivity contribution in [2.45, 2.75) is 76.5 Å². The van der Waals surface area contributed by atoms with Gasteiger partial charge >= 0.3 is 0 Å². The molecule has 2 aliphatic heterocycles. The molecule has 0 aromatic rings. The SMILES string of the molecule is CCCC(C)CC1(O)CC2CCC(C1)N2. The van der Waals surface area contributed by atoms with Crippen LogP contribution in [0.1, 0.15) is 58.8 Å². The van der Waals surface area contributed by atoms with Gasteiger partial charge in [0, 0.05) is 12.1 Å². The molecule has 0 amide bonds. The van der Waals surface area contributed by atoms with Crippen LogP contribution in [0, 0.1) is 5.92 Å². The Hall–Kier alpha value is -0.0800. The summed E-state index contributed by atoms with van der Waals surface area (Å²) in [4.78, 5) is 0. The summed E-state index contributed by atoms with van der Waals surface area (Å²) in [6, 6.07) is 1.20. The Morgan fingerprint density at radius 1 is 1.33 bits per heavy atom. The van der Waals surface area contributed by atoms with Crippen molar-refractivity contribution >= 4 is 0 Å². The van der Waals surface area contributed by atoms with E-state index in [0.29, 0.717) is 18.0 Å². The van der Waals surface area contributed by atoms with Crippen LogP contribution < -0.4 is 5.32 Å². The smallest absolute Gasteiger partial charge is 0.0680 e. The third-order valence-electron chi connectivity index (χ3n) is 4.10. The first kappa shape index (κ1) is 11.4. The first-order chi connectivity index (χ1) is 7.11. The maximum atomic E-state index is 10.6. The van der Waals surface area contributed by atoms with Gasteiger partial charge in [0.15, 0.2) is 0 Å². The molecule has 0 aliphatic carbocycles. The molecular weight excluding hydrogens is 186 g/mol. The molecule has 3 atom stereocenters. The molecule has 0 saturated carbocycles. The number of hydrogen-bond acceptors (Lipinski definition) is 2. The molecule has 2 N–H and O–H groups in total. The summed E-state index contributed by atoms with van der Waals surface area (Å²) >= 11 is 0. The molecular formula is C13H25NO. The molecule has 2 aliphatic rings. The molecule has 2 heterocycles. The van der Waals surface area contributed by atoms with Crippen molar-refractivity contribution < 1.29 is 5.11 Å². The number of aliphatic hydroxyl groups is 1. The second-order valence-corrected chi connectivity index (χ2v) is 5.87. The fraction of sp³-hybridized carbons (Fsp3) is 1.00. The molecule has 2 bridgehead atoms. The van der Waals surface area contributed by atoms with Crippen LogP contribution in [-0.2, 0) is 0 Å². The molecule has 0 radical (unpaired) electrons. The minimum absolute atomic E-state index is 0.355. The van der Waals surface area contributed by atoms with E-state index in [4.69, 9.17) is 0 Å². The molecule has 0 spiro atoms. The Labute approximate surface area is 93.5 Å².